The van der Waals surface area contributed by atoms with E-state index in [1.165, 1.54) is 5.69 Å². The molecule has 0 aromatic carbocycles. The molecule has 0 bridgehead atoms. The van der Waals surface area contributed by atoms with Gasteiger partial charge in [-0.3, -0.25) is 0 Å². The molecule has 2 aromatic rings. The predicted octanol–water partition coefficient (Wildman–Crippen LogP) is 2.92. The van der Waals surface area contributed by atoms with E-state index in [0.29, 0.717) is 0 Å². The third kappa shape index (κ3) is 2.18. The average molecular weight is 239 g/mol. The summed E-state index contributed by atoms with van der Waals surface area (Å²) in [5, 5.41) is 3.19. The first-order valence-electron chi connectivity index (χ1n) is 4.88. The van der Waals surface area contributed by atoms with Gasteiger partial charge in [0.15, 0.2) is 4.77 Å². The van der Waals surface area contributed by atoms with Crippen LogP contribution in [0.15, 0.2) is 11.6 Å². The number of nitrogens with one attached hydrogen (secondary N) is 1. The van der Waals surface area contributed by atoms with Crippen molar-refractivity contribution in [2.45, 2.75) is 26.8 Å². The first kappa shape index (κ1) is 10.6. The summed E-state index contributed by atoms with van der Waals surface area (Å²) in [6.45, 7) is 4.92. The lowest BCUT2D eigenvalue weighted by Crippen LogP contribution is -2.04. The lowest BCUT2D eigenvalue weighted by atomic mass is 10.3. The van der Waals surface area contributed by atoms with Crippen LogP contribution >= 0.6 is 23.6 Å². The second kappa shape index (κ2) is 4.28. The molecule has 15 heavy (non-hydrogen) atoms. The van der Waals surface area contributed by atoms with Crippen molar-refractivity contribution >= 4 is 23.6 Å². The summed E-state index contributed by atoms with van der Waals surface area (Å²) in [5.41, 5.74) is 2.31. The van der Waals surface area contributed by atoms with E-state index in [4.69, 9.17) is 12.2 Å². The summed E-state index contributed by atoms with van der Waals surface area (Å²) < 4.78 is 2.88. The van der Waals surface area contributed by atoms with Gasteiger partial charge in [0, 0.05) is 17.3 Å². The normalized spacial score (nSPS) is 10.8. The first-order valence-corrected chi connectivity index (χ1v) is 6.17. The number of thiazole rings is 1. The van der Waals surface area contributed by atoms with Crippen molar-refractivity contribution in [3.05, 3.63) is 32.7 Å². The van der Waals surface area contributed by atoms with Gasteiger partial charge in [-0.25, -0.2) is 4.98 Å². The highest BCUT2D eigenvalue weighted by atomic mass is 32.1. The van der Waals surface area contributed by atoms with Crippen LogP contribution < -0.4 is 0 Å². The molecule has 0 amide bonds. The summed E-state index contributed by atoms with van der Waals surface area (Å²) in [6.07, 6.45) is 2.96. The van der Waals surface area contributed by atoms with Gasteiger partial charge < -0.3 is 9.55 Å². The molecule has 0 atom stereocenters. The zero-order valence-corrected chi connectivity index (χ0v) is 10.4. The SMILES string of the molecule is CCc1c[nH]c(=S)n1Cc1csc(C)n1. The Labute approximate surface area is 97.8 Å². The number of hydrogen-bond acceptors (Lipinski definition) is 3. The Morgan fingerprint density at radius 1 is 1.60 bits per heavy atom. The molecule has 2 aromatic heterocycles. The fourth-order valence-electron chi connectivity index (χ4n) is 1.54. The maximum absolute atomic E-state index is 5.23. The van der Waals surface area contributed by atoms with E-state index in [1.54, 1.807) is 11.3 Å². The fraction of sp³-hybridized carbons (Fsp3) is 0.400. The van der Waals surface area contributed by atoms with Crippen molar-refractivity contribution in [1.29, 1.82) is 0 Å². The molecule has 3 nitrogen and oxygen atoms in total. The molecule has 0 unspecified atom stereocenters. The van der Waals surface area contributed by atoms with Crippen molar-refractivity contribution in [3.8, 4) is 0 Å². The molecular formula is C10H13N3S2. The highest BCUT2D eigenvalue weighted by molar-refractivity contribution is 7.71. The Balaban J connectivity index is 2.31. The summed E-state index contributed by atoms with van der Waals surface area (Å²) in [6, 6.07) is 0. The molecule has 0 saturated heterocycles. The molecule has 0 radical (unpaired) electrons. The molecule has 0 fully saturated rings. The zero-order chi connectivity index (χ0) is 10.8. The van der Waals surface area contributed by atoms with Gasteiger partial charge in [-0.2, -0.15) is 0 Å². The summed E-state index contributed by atoms with van der Waals surface area (Å²) >= 11 is 6.91. The Hall–Kier alpha value is -0.940. The van der Waals surface area contributed by atoms with Crippen LogP contribution in [0.25, 0.3) is 0 Å². The van der Waals surface area contributed by atoms with E-state index in [1.807, 2.05) is 13.1 Å². The number of aryl methyl sites for hydroxylation is 2. The van der Waals surface area contributed by atoms with E-state index >= 15 is 0 Å². The molecule has 5 heteroatoms. The van der Waals surface area contributed by atoms with Crippen LogP contribution in [0.1, 0.15) is 23.3 Å². The van der Waals surface area contributed by atoms with Crippen molar-refractivity contribution in [2.75, 3.05) is 0 Å². The molecule has 1 N–H and O–H groups in total. The Morgan fingerprint density at radius 3 is 3.00 bits per heavy atom. The fourth-order valence-corrected chi connectivity index (χ4v) is 2.38. The van der Waals surface area contributed by atoms with Crippen LogP contribution in [0.2, 0.25) is 0 Å². The Morgan fingerprint density at radius 2 is 2.40 bits per heavy atom. The van der Waals surface area contributed by atoms with Crippen LogP contribution in [0.4, 0.5) is 0 Å². The van der Waals surface area contributed by atoms with Crippen molar-refractivity contribution < 1.29 is 0 Å². The Kier molecular flexibility index (Phi) is 3.02. The smallest absolute Gasteiger partial charge is 0.177 e. The van der Waals surface area contributed by atoms with Crippen molar-refractivity contribution in [2.24, 2.45) is 0 Å². The van der Waals surface area contributed by atoms with E-state index < -0.39 is 0 Å². The lowest BCUT2D eigenvalue weighted by molar-refractivity contribution is 0.722. The minimum absolute atomic E-state index is 0.774. The summed E-state index contributed by atoms with van der Waals surface area (Å²) in [7, 11) is 0. The quantitative estimate of drug-likeness (QED) is 0.836. The molecule has 0 spiro atoms. The molecule has 2 rings (SSSR count). The molecule has 80 valence electrons. The number of rotatable bonds is 3. The average Bonchev–Trinajstić information content (AvgIpc) is 2.76. The molecule has 0 saturated carbocycles. The number of H-pyrrole nitrogens is 1. The predicted molar refractivity (Wildman–Crippen MR) is 64.9 cm³/mol. The van der Waals surface area contributed by atoms with Gasteiger partial charge in [0.25, 0.3) is 0 Å². The second-order valence-electron chi connectivity index (χ2n) is 3.38. The summed E-state index contributed by atoms with van der Waals surface area (Å²) in [4.78, 5) is 7.51. The van der Waals surface area contributed by atoms with Crippen LogP contribution in [0.3, 0.4) is 0 Å². The minimum Gasteiger partial charge on any atom is -0.337 e. The van der Waals surface area contributed by atoms with Crippen LogP contribution in [0.5, 0.6) is 0 Å². The molecule has 2 heterocycles. The zero-order valence-electron chi connectivity index (χ0n) is 8.78. The number of nitrogens with zero attached hydrogens (tertiary/aromatic N) is 2. The van der Waals surface area contributed by atoms with Gasteiger partial charge in [0.05, 0.1) is 17.2 Å². The van der Waals surface area contributed by atoms with Crippen molar-refractivity contribution in [3.63, 3.8) is 0 Å². The Bertz CT molecular complexity index is 507. The highest BCUT2D eigenvalue weighted by Crippen LogP contribution is 2.11. The third-order valence-corrected chi connectivity index (χ3v) is 3.46. The van der Waals surface area contributed by atoms with E-state index in [0.717, 1.165) is 28.4 Å². The standard InChI is InChI=1S/C10H13N3S2/c1-3-9-4-11-10(14)13(9)5-8-6-15-7(2)12-8/h4,6H,3,5H2,1-2H3,(H,11,14). The molecule has 0 aliphatic carbocycles. The van der Waals surface area contributed by atoms with E-state index in [-0.39, 0.29) is 0 Å². The molecule has 0 aliphatic heterocycles. The maximum Gasteiger partial charge on any atom is 0.177 e. The van der Waals surface area contributed by atoms with Gasteiger partial charge in [-0.1, -0.05) is 6.92 Å². The summed E-state index contributed by atoms with van der Waals surface area (Å²) in [5.74, 6) is 0. The lowest BCUT2D eigenvalue weighted by Gasteiger charge is -2.03. The molecular weight excluding hydrogens is 226 g/mol. The van der Waals surface area contributed by atoms with Crippen LogP contribution in [-0.4, -0.2) is 14.5 Å². The monoisotopic (exact) mass is 239 g/mol. The third-order valence-electron chi connectivity index (χ3n) is 2.30. The van der Waals surface area contributed by atoms with Gasteiger partial charge in [0.2, 0.25) is 0 Å². The largest absolute Gasteiger partial charge is 0.337 e. The number of imidazole rings is 1. The first-order chi connectivity index (χ1) is 7.20. The van der Waals surface area contributed by atoms with Crippen LogP contribution in [0, 0.1) is 11.7 Å². The topological polar surface area (TPSA) is 33.6 Å². The van der Waals surface area contributed by atoms with E-state index in [9.17, 15) is 0 Å². The van der Waals surface area contributed by atoms with Gasteiger partial charge in [0.1, 0.15) is 0 Å². The number of aromatic nitrogens is 3. The number of aromatic amines is 1. The van der Waals surface area contributed by atoms with Crippen molar-refractivity contribution in [1.82, 2.24) is 14.5 Å². The maximum atomic E-state index is 5.23. The number of hydrogen-bond donors (Lipinski definition) is 1. The minimum atomic E-state index is 0.774. The second-order valence-corrected chi connectivity index (χ2v) is 4.83. The van der Waals surface area contributed by atoms with Gasteiger partial charge in [-0.15, -0.1) is 11.3 Å². The van der Waals surface area contributed by atoms with Gasteiger partial charge in [-0.05, 0) is 25.6 Å². The van der Waals surface area contributed by atoms with Crippen LogP contribution in [-0.2, 0) is 13.0 Å². The molecule has 0 aliphatic rings. The highest BCUT2D eigenvalue weighted by Gasteiger charge is 2.04. The van der Waals surface area contributed by atoms with Gasteiger partial charge >= 0.3 is 0 Å². The van der Waals surface area contributed by atoms with E-state index in [2.05, 4.69) is 26.8 Å².